The van der Waals surface area contributed by atoms with Crippen molar-refractivity contribution >= 4 is 5.97 Å². The summed E-state index contributed by atoms with van der Waals surface area (Å²) in [5.41, 5.74) is 0.419. The SMILES string of the molecule is CCCC(Oc1ccccc1C#N)C(=O)OCC. The van der Waals surface area contributed by atoms with Crippen LogP contribution in [0.1, 0.15) is 32.3 Å². The highest BCUT2D eigenvalue weighted by atomic mass is 16.6. The second-order valence-electron chi connectivity index (χ2n) is 3.76. The van der Waals surface area contributed by atoms with Gasteiger partial charge in [0.05, 0.1) is 12.2 Å². The van der Waals surface area contributed by atoms with Crippen molar-refractivity contribution < 1.29 is 14.3 Å². The van der Waals surface area contributed by atoms with Crippen LogP contribution in [0.2, 0.25) is 0 Å². The zero-order valence-corrected chi connectivity index (χ0v) is 10.7. The van der Waals surface area contributed by atoms with Crippen molar-refractivity contribution in [2.45, 2.75) is 32.8 Å². The fraction of sp³-hybridized carbons (Fsp3) is 0.429. The lowest BCUT2D eigenvalue weighted by Gasteiger charge is -2.17. The summed E-state index contributed by atoms with van der Waals surface area (Å²) in [6.45, 7) is 4.04. The van der Waals surface area contributed by atoms with Gasteiger partial charge in [0.15, 0.2) is 6.10 Å². The number of nitriles is 1. The van der Waals surface area contributed by atoms with E-state index in [-0.39, 0.29) is 5.97 Å². The molecule has 4 heteroatoms. The summed E-state index contributed by atoms with van der Waals surface area (Å²) in [5, 5.41) is 8.96. The Morgan fingerprint density at radius 1 is 1.39 bits per heavy atom. The Labute approximate surface area is 107 Å². The predicted octanol–water partition coefficient (Wildman–Crippen LogP) is 2.67. The molecule has 0 aliphatic heterocycles. The third-order valence-corrected chi connectivity index (χ3v) is 2.38. The van der Waals surface area contributed by atoms with Crippen LogP contribution in [0.15, 0.2) is 24.3 Å². The summed E-state index contributed by atoms with van der Waals surface area (Å²) in [7, 11) is 0. The van der Waals surface area contributed by atoms with Gasteiger partial charge in [0.25, 0.3) is 0 Å². The number of benzene rings is 1. The van der Waals surface area contributed by atoms with Crippen LogP contribution in [0, 0.1) is 11.3 Å². The first-order valence-electron chi connectivity index (χ1n) is 6.05. The maximum Gasteiger partial charge on any atom is 0.347 e. The third-order valence-electron chi connectivity index (χ3n) is 2.38. The molecule has 0 N–H and O–H groups in total. The molecule has 0 aliphatic carbocycles. The van der Waals surface area contributed by atoms with Gasteiger partial charge in [-0.05, 0) is 25.5 Å². The zero-order valence-electron chi connectivity index (χ0n) is 10.7. The standard InChI is InChI=1S/C14H17NO3/c1-3-7-13(14(16)17-4-2)18-12-9-6-5-8-11(12)10-15/h5-6,8-9,13H,3-4,7H2,1-2H3. The van der Waals surface area contributed by atoms with Gasteiger partial charge in [0.1, 0.15) is 11.8 Å². The van der Waals surface area contributed by atoms with Gasteiger partial charge < -0.3 is 9.47 Å². The smallest absolute Gasteiger partial charge is 0.347 e. The lowest BCUT2D eigenvalue weighted by atomic mass is 10.2. The van der Waals surface area contributed by atoms with Crippen LogP contribution in [-0.2, 0) is 9.53 Å². The molecule has 0 saturated heterocycles. The van der Waals surface area contributed by atoms with Crippen molar-refractivity contribution in [1.82, 2.24) is 0 Å². The normalized spacial score (nSPS) is 11.4. The van der Waals surface area contributed by atoms with Crippen LogP contribution in [-0.4, -0.2) is 18.7 Å². The Hall–Kier alpha value is -2.02. The van der Waals surface area contributed by atoms with E-state index in [1.54, 1.807) is 31.2 Å². The minimum absolute atomic E-state index is 0.322. The van der Waals surface area contributed by atoms with E-state index >= 15 is 0 Å². The fourth-order valence-corrected chi connectivity index (χ4v) is 1.54. The van der Waals surface area contributed by atoms with Crippen LogP contribution >= 0.6 is 0 Å². The van der Waals surface area contributed by atoms with Crippen LogP contribution < -0.4 is 4.74 Å². The van der Waals surface area contributed by atoms with E-state index in [4.69, 9.17) is 14.7 Å². The van der Waals surface area contributed by atoms with E-state index in [2.05, 4.69) is 0 Å². The Morgan fingerprint density at radius 3 is 2.72 bits per heavy atom. The quantitative estimate of drug-likeness (QED) is 0.725. The highest BCUT2D eigenvalue weighted by Gasteiger charge is 2.21. The van der Waals surface area contributed by atoms with E-state index < -0.39 is 6.10 Å². The van der Waals surface area contributed by atoms with Crippen LogP contribution in [0.25, 0.3) is 0 Å². The molecule has 0 amide bonds. The summed E-state index contributed by atoms with van der Waals surface area (Å²) in [5.74, 6) is 0.0404. The molecule has 0 aromatic heterocycles. The molecule has 0 saturated carbocycles. The number of carbonyl (C=O) groups excluding carboxylic acids is 1. The molecule has 0 fully saturated rings. The Balaban J connectivity index is 2.83. The Kier molecular flexibility index (Phi) is 5.72. The molecule has 1 atom stereocenters. The first kappa shape index (κ1) is 14.0. The lowest BCUT2D eigenvalue weighted by molar-refractivity contribution is -0.151. The topological polar surface area (TPSA) is 59.3 Å². The molecule has 18 heavy (non-hydrogen) atoms. The van der Waals surface area contributed by atoms with E-state index in [1.165, 1.54) is 0 Å². The minimum Gasteiger partial charge on any atom is -0.477 e. The average molecular weight is 247 g/mol. The first-order valence-corrected chi connectivity index (χ1v) is 6.05. The molecule has 0 heterocycles. The van der Waals surface area contributed by atoms with Crippen LogP contribution in [0.4, 0.5) is 0 Å². The predicted molar refractivity (Wildman–Crippen MR) is 67.1 cm³/mol. The van der Waals surface area contributed by atoms with Gasteiger partial charge in [-0.3, -0.25) is 0 Å². The molecular weight excluding hydrogens is 230 g/mol. The largest absolute Gasteiger partial charge is 0.477 e. The Morgan fingerprint density at radius 2 is 2.11 bits per heavy atom. The molecule has 0 aliphatic rings. The number of nitrogens with zero attached hydrogens (tertiary/aromatic N) is 1. The van der Waals surface area contributed by atoms with Gasteiger partial charge in [-0.2, -0.15) is 5.26 Å². The van der Waals surface area contributed by atoms with Gasteiger partial charge >= 0.3 is 5.97 Å². The average Bonchev–Trinajstić information content (AvgIpc) is 2.39. The number of hydrogen-bond donors (Lipinski definition) is 0. The first-order chi connectivity index (χ1) is 8.72. The highest BCUT2D eigenvalue weighted by molar-refractivity contribution is 5.75. The van der Waals surface area contributed by atoms with E-state index in [0.29, 0.717) is 24.3 Å². The molecule has 96 valence electrons. The summed E-state index contributed by atoms with van der Waals surface area (Å²) < 4.78 is 10.5. The van der Waals surface area contributed by atoms with Gasteiger partial charge in [-0.1, -0.05) is 25.5 Å². The fourth-order valence-electron chi connectivity index (χ4n) is 1.54. The second-order valence-corrected chi connectivity index (χ2v) is 3.76. The number of carbonyl (C=O) groups is 1. The van der Waals surface area contributed by atoms with Crippen LogP contribution in [0.5, 0.6) is 5.75 Å². The van der Waals surface area contributed by atoms with Gasteiger partial charge in [0.2, 0.25) is 0 Å². The molecule has 1 unspecified atom stereocenters. The summed E-state index contributed by atoms with van der Waals surface area (Å²) in [6.07, 6.45) is 0.723. The Bertz CT molecular complexity index is 437. The number of hydrogen-bond acceptors (Lipinski definition) is 4. The van der Waals surface area contributed by atoms with Crippen molar-refractivity contribution in [1.29, 1.82) is 5.26 Å². The maximum atomic E-state index is 11.7. The molecule has 1 aromatic rings. The summed E-state index contributed by atoms with van der Waals surface area (Å²) >= 11 is 0. The molecule has 0 radical (unpaired) electrons. The van der Waals surface area contributed by atoms with Crippen molar-refractivity contribution in [2.24, 2.45) is 0 Å². The van der Waals surface area contributed by atoms with Crippen molar-refractivity contribution in [3.8, 4) is 11.8 Å². The monoisotopic (exact) mass is 247 g/mol. The van der Waals surface area contributed by atoms with Gasteiger partial charge in [-0.25, -0.2) is 4.79 Å². The number of esters is 1. The van der Waals surface area contributed by atoms with Gasteiger partial charge in [0, 0.05) is 0 Å². The molecule has 4 nitrogen and oxygen atoms in total. The van der Waals surface area contributed by atoms with Crippen molar-refractivity contribution in [3.63, 3.8) is 0 Å². The maximum absolute atomic E-state index is 11.7. The summed E-state index contributed by atoms with van der Waals surface area (Å²) in [6, 6.07) is 8.90. The molecule has 0 spiro atoms. The summed E-state index contributed by atoms with van der Waals surface area (Å²) in [4.78, 5) is 11.7. The zero-order chi connectivity index (χ0) is 13.4. The van der Waals surface area contributed by atoms with Crippen molar-refractivity contribution in [3.05, 3.63) is 29.8 Å². The third kappa shape index (κ3) is 3.77. The minimum atomic E-state index is -0.649. The van der Waals surface area contributed by atoms with E-state index in [0.717, 1.165) is 6.42 Å². The second kappa shape index (κ2) is 7.33. The number of rotatable bonds is 6. The van der Waals surface area contributed by atoms with E-state index in [1.807, 2.05) is 13.0 Å². The molecule has 1 aromatic carbocycles. The molecule has 1 rings (SSSR count). The number of para-hydroxylation sites is 1. The number of ether oxygens (including phenoxy) is 2. The molecule has 0 bridgehead atoms. The van der Waals surface area contributed by atoms with E-state index in [9.17, 15) is 4.79 Å². The lowest BCUT2D eigenvalue weighted by Crippen LogP contribution is -2.29. The van der Waals surface area contributed by atoms with Gasteiger partial charge in [-0.15, -0.1) is 0 Å². The molecular formula is C14H17NO3. The van der Waals surface area contributed by atoms with Crippen LogP contribution in [0.3, 0.4) is 0 Å². The highest BCUT2D eigenvalue weighted by Crippen LogP contribution is 2.20. The van der Waals surface area contributed by atoms with Crippen molar-refractivity contribution in [2.75, 3.05) is 6.61 Å².